The molecule has 3 heteroatoms. The van der Waals surface area contributed by atoms with E-state index < -0.39 is 0 Å². The van der Waals surface area contributed by atoms with Crippen molar-refractivity contribution in [2.75, 3.05) is 7.11 Å². The molecule has 10 heavy (non-hydrogen) atoms. The fraction of sp³-hybridized carbons (Fsp3) is 0.286. The number of rotatable bonds is 1. The van der Waals surface area contributed by atoms with E-state index in [1.807, 2.05) is 0 Å². The summed E-state index contributed by atoms with van der Waals surface area (Å²) in [4.78, 5) is 3.83. The molecule has 0 unspecified atom stereocenters. The molecule has 1 rings (SSSR count). The number of aromatic nitrogens is 1. The Bertz CT molecular complexity index is 277. The molecular formula is C7H8BrNO. The Morgan fingerprint density at radius 2 is 2.50 bits per heavy atom. The molecule has 0 fully saturated rings. The van der Waals surface area contributed by atoms with Crippen LogP contribution in [-0.2, 0) is 0 Å². The summed E-state index contributed by atoms with van der Waals surface area (Å²) in [5.74, 6) is 0.685. The second-order valence-corrected chi connectivity index (χ2v) is 2.73. The number of pyridine rings is 1. The van der Waals surface area contributed by atoms with Crippen LogP contribution in [0.5, 0.6) is 5.75 Å². The minimum absolute atomic E-state index is 0.255. The lowest BCUT2D eigenvalue weighted by Crippen LogP contribution is -1.88. The first kappa shape index (κ1) is 6.16. The Morgan fingerprint density at radius 1 is 1.80 bits per heavy atom. The molecule has 0 saturated carbocycles. The lowest BCUT2D eigenvalue weighted by atomic mass is 10.3. The third-order valence-corrected chi connectivity index (χ3v) is 1.74. The number of nitrogens with zero attached hydrogens (tertiary/aromatic N) is 1. The number of methoxy groups -OCH3 is 1. The predicted molar refractivity (Wildman–Crippen MR) is 43.2 cm³/mol. The van der Waals surface area contributed by atoms with Gasteiger partial charge >= 0.3 is 0 Å². The zero-order valence-corrected chi connectivity index (χ0v) is 7.40. The molecule has 0 radical (unpaired) electrons. The van der Waals surface area contributed by atoms with E-state index in [0.29, 0.717) is 5.75 Å². The van der Waals surface area contributed by atoms with E-state index in [4.69, 9.17) is 6.11 Å². The van der Waals surface area contributed by atoms with Crippen molar-refractivity contribution in [3.63, 3.8) is 0 Å². The Hall–Kier alpha value is -0.570. The third-order valence-electron chi connectivity index (χ3n) is 1.17. The van der Waals surface area contributed by atoms with Crippen LogP contribution < -0.4 is 4.74 Å². The summed E-state index contributed by atoms with van der Waals surface area (Å²) in [5.41, 5.74) is 0.752. The van der Waals surface area contributed by atoms with Gasteiger partial charge in [0.1, 0.15) is 5.75 Å². The van der Waals surface area contributed by atoms with Crippen molar-refractivity contribution < 1.29 is 6.11 Å². The molecule has 2 nitrogen and oxygen atoms in total. The highest BCUT2D eigenvalue weighted by atomic mass is 79.9. The monoisotopic (exact) mass is 202 g/mol. The van der Waals surface area contributed by atoms with Crippen molar-refractivity contribution in [2.45, 2.75) is 6.92 Å². The standard InChI is InChI=1S/C7H8BrNO/c1-5-3-9-4-6(8)7(5)10-2/h3-4H,1-2H3/i3D. The third kappa shape index (κ3) is 1.29. The van der Waals surface area contributed by atoms with E-state index in [2.05, 4.69) is 20.9 Å². The summed E-state index contributed by atoms with van der Waals surface area (Å²) in [6, 6.07) is 0. The number of halogens is 1. The average Bonchev–Trinajstić information content (AvgIpc) is 1.99. The van der Waals surface area contributed by atoms with E-state index in [9.17, 15) is 0 Å². The quantitative estimate of drug-likeness (QED) is 0.697. The van der Waals surface area contributed by atoms with Gasteiger partial charge in [0.2, 0.25) is 0 Å². The molecule has 0 spiro atoms. The molecule has 0 aliphatic rings. The highest BCUT2D eigenvalue weighted by Gasteiger charge is 2.01. The fourth-order valence-corrected chi connectivity index (χ4v) is 1.29. The van der Waals surface area contributed by atoms with Gasteiger partial charge in [-0.05, 0) is 22.9 Å². The summed E-state index contributed by atoms with van der Waals surface area (Å²) in [5, 5.41) is 0. The molecule has 0 aliphatic heterocycles. The maximum atomic E-state index is 7.35. The number of ether oxygens (including phenoxy) is 1. The molecule has 54 valence electrons. The number of hydrogen-bond donors (Lipinski definition) is 0. The summed E-state index contributed by atoms with van der Waals surface area (Å²) in [6.07, 6.45) is 1.82. The van der Waals surface area contributed by atoms with Crippen LogP contribution in [0.1, 0.15) is 6.93 Å². The van der Waals surface area contributed by atoms with Gasteiger partial charge in [-0.25, -0.2) is 0 Å². The minimum Gasteiger partial charge on any atom is -0.495 e. The van der Waals surface area contributed by atoms with Crippen molar-refractivity contribution in [1.29, 1.82) is 0 Å². The van der Waals surface area contributed by atoms with Gasteiger partial charge in [0.05, 0.1) is 13.0 Å². The van der Waals surface area contributed by atoms with Crippen molar-refractivity contribution >= 4 is 15.9 Å². The zero-order chi connectivity index (χ0) is 8.43. The van der Waals surface area contributed by atoms with E-state index in [-0.39, 0.29) is 6.17 Å². The molecule has 1 heterocycles. The normalized spacial score (nSPS) is 10.9. The Balaban J connectivity index is 3.29. The Labute approximate surface area is 69.8 Å². The fourth-order valence-electron chi connectivity index (χ4n) is 0.725. The van der Waals surface area contributed by atoms with Crippen molar-refractivity contribution in [2.24, 2.45) is 0 Å². The van der Waals surface area contributed by atoms with Gasteiger partial charge in [0.25, 0.3) is 0 Å². The van der Waals surface area contributed by atoms with Crippen LogP contribution in [0, 0.1) is 6.92 Å². The van der Waals surface area contributed by atoms with Gasteiger partial charge in [-0.15, -0.1) is 0 Å². The number of hydrogen-bond acceptors (Lipinski definition) is 2. The maximum Gasteiger partial charge on any atom is 0.139 e. The molecule has 0 aromatic carbocycles. The largest absolute Gasteiger partial charge is 0.495 e. The zero-order valence-electron chi connectivity index (χ0n) is 6.81. The van der Waals surface area contributed by atoms with Crippen LogP contribution in [0.3, 0.4) is 0 Å². The molecule has 0 N–H and O–H groups in total. The van der Waals surface area contributed by atoms with Crippen LogP contribution in [0.15, 0.2) is 16.8 Å². The van der Waals surface area contributed by atoms with E-state index >= 15 is 0 Å². The molecule has 0 amide bonds. The topological polar surface area (TPSA) is 22.1 Å². The van der Waals surface area contributed by atoms with E-state index in [1.165, 1.54) is 0 Å². The first-order chi connectivity index (χ1) is 5.16. The van der Waals surface area contributed by atoms with Gasteiger partial charge in [-0.2, -0.15) is 0 Å². The van der Waals surface area contributed by atoms with Crippen LogP contribution >= 0.6 is 15.9 Å². The van der Waals surface area contributed by atoms with Gasteiger partial charge < -0.3 is 4.74 Å². The maximum absolute atomic E-state index is 7.35. The van der Waals surface area contributed by atoms with Crippen molar-refractivity contribution in [3.05, 3.63) is 22.4 Å². The van der Waals surface area contributed by atoms with E-state index in [1.54, 1.807) is 20.2 Å². The molecule has 1 aromatic rings. The lowest BCUT2D eigenvalue weighted by molar-refractivity contribution is 0.408. The average molecular weight is 203 g/mol. The molecule has 0 bridgehead atoms. The Morgan fingerprint density at radius 3 is 3.00 bits per heavy atom. The van der Waals surface area contributed by atoms with Crippen molar-refractivity contribution in [3.8, 4) is 5.75 Å². The molecule has 0 aliphatic carbocycles. The predicted octanol–water partition coefficient (Wildman–Crippen LogP) is 2.16. The van der Waals surface area contributed by atoms with Crippen LogP contribution in [0.25, 0.3) is 0 Å². The summed E-state index contributed by atoms with van der Waals surface area (Å²) in [6.45, 7) is 1.80. The van der Waals surface area contributed by atoms with Crippen LogP contribution in [0.4, 0.5) is 0 Å². The molecule has 1 aromatic heterocycles. The highest BCUT2D eigenvalue weighted by Crippen LogP contribution is 2.26. The summed E-state index contributed by atoms with van der Waals surface area (Å²) in [7, 11) is 1.58. The summed E-state index contributed by atoms with van der Waals surface area (Å²) < 4.78 is 13.2. The van der Waals surface area contributed by atoms with Gasteiger partial charge in [-0.3, -0.25) is 4.98 Å². The van der Waals surface area contributed by atoms with Gasteiger partial charge in [0, 0.05) is 17.9 Å². The first-order valence-electron chi connectivity index (χ1n) is 3.32. The second kappa shape index (κ2) is 3.01. The van der Waals surface area contributed by atoms with Gasteiger partial charge in [0.15, 0.2) is 0 Å². The lowest BCUT2D eigenvalue weighted by Gasteiger charge is -2.04. The highest BCUT2D eigenvalue weighted by molar-refractivity contribution is 9.10. The van der Waals surface area contributed by atoms with Crippen LogP contribution in [0.2, 0.25) is 0 Å². The minimum atomic E-state index is 0.255. The Kier molecular flexibility index (Phi) is 1.86. The van der Waals surface area contributed by atoms with E-state index in [0.717, 1.165) is 10.0 Å². The van der Waals surface area contributed by atoms with Gasteiger partial charge in [-0.1, -0.05) is 0 Å². The van der Waals surface area contributed by atoms with Crippen molar-refractivity contribution in [1.82, 2.24) is 4.98 Å². The SMILES string of the molecule is [2H]c1ncc(Br)c(OC)c1C. The summed E-state index contributed by atoms with van der Waals surface area (Å²) >= 11 is 3.27. The molecule has 0 atom stereocenters. The molecule has 0 saturated heterocycles. The second-order valence-electron chi connectivity index (χ2n) is 1.88. The molecular weight excluding hydrogens is 194 g/mol. The first-order valence-corrected chi connectivity index (χ1v) is 3.61. The van der Waals surface area contributed by atoms with Crippen LogP contribution in [-0.4, -0.2) is 12.1 Å². The smallest absolute Gasteiger partial charge is 0.139 e.